The predicted octanol–water partition coefficient (Wildman–Crippen LogP) is 2.15. The molecule has 1 saturated heterocycles. The summed E-state index contributed by atoms with van der Waals surface area (Å²) in [5.74, 6) is 0. The molecule has 0 aromatic heterocycles. The summed E-state index contributed by atoms with van der Waals surface area (Å²) in [5.41, 5.74) is 0.697. The molecule has 122 valence electrons. The molecule has 0 bridgehead atoms. The minimum atomic E-state index is -0.534. The lowest BCUT2D eigenvalue weighted by molar-refractivity contribution is 0.0210. The Kier molecular flexibility index (Phi) is 5.42. The lowest BCUT2D eigenvalue weighted by Gasteiger charge is -2.36. The number of amides is 1. The van der Waals surface area contributed by atoms with Gasteiger partial charge in [-0.15, -0.1) is 0 Å². The summed E-state index contributed by atoms with van der Waals surface area (Å²) in [6.07, 6.45) is -0.356. The molecule has 5 heteroatoms. The zero-order valence-electron chi connectivity index (χ0n) is 13.6. The number of rotatable bonds is 3. The number of alkyl carbamates (subject to hydrolysis) is 1. The third kappa shape index (κ3) is 5.31. The van der Waals surface area contributed by atoms with Crippen molar-refractivity contribution >= 4 is 6.09 Å². The molecule has 1 heterocycles. The summed E-state index contributed by atoms with van der Waals surface area (Å²) < 4.78 is 5.26. The Hall–Kier alpha value is -1.59. The minimum Gasteiger partial charge on any atom is -0.444 e. The second-order valence-electron chi connectivity index (χ2n) is 6.83. The predicted molar refractivity (Wildman–Crippen MR) is 85.5 cm³/mol. The van der Waals surface area contributed by atoms with Gasteiger partial charge in [0, 0.05) is 19.6 Å². The molecule has 1 fully saturated rings. The quantitative estimate of drug-likeness (QED) is 0.898. The van der Waals surface area contributed by atoms with Gasteiger partial charge < -0.3 is 15.2 Å². The van der Waals surface area contributed by atoms with Crippen LogP contribution < -0.4 is 5.32 Å². The van der Waals surface area contributed by atoms with Gasteiger partial charge in [-0.3, -0.25) is 4.90 Å². The molecule has 1 aliphatic rings. The molecule has 0 spiro atoms. The van der Waals surface area contributed by atoms with E-state index in [-0.39, 0.29) is 6.04 Å². The highest BCUT2D eigenvalue weighted by atomic mass is 16.6. The molecule has 1 amide bonds. The summed E-state index contributed by atoms with van der Waals surface area (Å²) >= 11 is 0. The summed E-state index contributed by atoms with van der Waals surface area (Å²) in [6.45, 7) is 7.74. The number of hydrogen-bond donors (Lipinski definition) is 2. The first-order valence-corrected chi connectivity index (χ1v) is 7.77. The van der Waals surface area contributed by atoms with Gasteiger partial charge in [0.05, 0.1) is 12.1 Å². The molecule has 0 aliphatic carbocycles. The van der Waals surface area contributed by atoms with Crippen LogP contribution in [0.15, 0.2) is 30.3 Å². The number of nitrogens with zero attached hydrogens (tertiary/aromatic N) is 1. The highest BCUT2D eigenvalue weighted by Gasteiger charge is 2.30. The first-order chi connectivity index (χ1) is 10.3. The fourth-order valence-electron chi connectivity index (χ4n) is 2.59. The van der Waals surface area contributed by atoms with E-state index in [1.54, 1.807) is 0 Å². The molecule has 2 rings (SSSR count). The van der Waals surface area contributed by atoms with Crippen molar-refractivity contribution in [3.8, 4) is 0 Å². The summed E-state index contributed by atoms with van der Waals surface area (Å²) in [4.78, 5) is 14.1. The Bertz CT molecular complexity index is 484. The Morgan fingerprint density at radius 2 is 2.05 bits per heavy atom. The molecule has 22 heavy (non-hydrogen) atoms. The third-order valence-corrected chi connectivity index (χ3v) is 3.61. The van der Waals surface area contributed by atoms with E-state index in [1.165, 1.54) is 5.56 Å². The zero-order chi connectivity index (χ0) is 16.2. The van der Waals surface area contributed by atoms with Gasteiger partial charge >= 0.3 is 6.09 Å². The SMILES string of the molecule is CC(C)(C)OC(=O)N[C@@H]1CN(Cc2ccccc2)CC[C@H]1O. The molecule has 1 aromatic carbocycles. The monoisotopic (exact) mass is 306 g/mol. The Balaban J connectivity index is 1.89. The average molecular weight is 306 g/mol. The number of aliphatic hydroxyl groups is 1. The van der Waals surface area contributed by atoms with Crippen LogP contribution in [0.3, 0.4) is 0 Å². The van der Waals surface area contributed by atoms with Crippen molar-refractivity contribution in [2.24, 2.45) is 0 Å². The van der Waals surface area contributed by atoms with Crippen LogP contribution in [0, 0.1) is 0 Å². The molecule has 5 nitrogen and oxygen atoms in total. The van der Waals surface area contributed by atoms with Gasteiger partial charge in [0.1, 0.15) is 5.60 Å². The van der Waals surface area contributed by atoms with Gasteiger partial charge in [-0.2, -0.15) is 0 Å². The van der Waals surface area contributed by atoms with Gasteiger partial charge in [0.15, 0.2) is 0 Å². The maximum Gasteiger partial charge on any atom is 0.408 e. The molecule has 1 aromatic rings. The number of carbonyl (C=O) groups is 1. The molecule has 0 unspecified atom stereocenters. The fourth-order valence-corrected chi connectivity index (χ4v) is 2.59. The van der Waals surface area contributed by atoms with Crippen LogP contribution in [-0.4, -0.2) is 46.9 Å². The lowest BCUT2D eigenvalue weighted by Crippen LogP contribution is -2.55. The smallest absolute Gasteiger partial charge is 0.408 e. The summed E-state index contributed by atoms with van der Waals surface area (Å²) in [7, 11) is 0. The zero-order valence-corrected chi connectivity index (χ0v) is 13.6. The first-order valence-electron chi connectivity index (χ1n) is 7.77. The maximum absolute atomic E-state index is 11.9. The van der Waals surface area contributed by atoms with Crippen LogP contribution in [-0.2, 0) is 11.3 Å². The van der Waals surface area contributed by atoms with Crippen molar-refractivity contribution < 1.29 is 14.6 Å². The minimum absolute atomic E-state index is 0.299. The fraction of sp³-hybridized carbons (Fsp3) is 0.588. The van der Waals surface area contributed by atoms with Crippen LogP contribution in [0.4, 0.5) is 4.79 Å². The molecular formula is C17H26N2O3. The van der Waals surface area contributed by atoms with Crippen LogP contribution >= 0.6 is 0 Å². The molecule has 0 saturated carbocycles. The van der Waals surface area contributed by atoms with Gasteiger partial charge in [0.25, 0.3) is 0 Å². The van der Waals surface area contributed by atoms with Gasteiger partial charge in [-0.1, -0.05) is 30.3 Å². The molecule has 2 atom stereocenters. The Morgan fingerprint density at radius 1 is 1.36 bits per heavy atom. The van der Waals surface area contributed by atoms with Gasteiger partial charge in [-0.25, -0.2) is 4.79 Å². The largest absolute Gasteiger partial charge is 0.444 e. The van der Waals surface area contributed by atoms with Crippen LogP contribution in [0.2, 0.25) is 0 Å². The summed E-state index contributed by atoms with van der Waals surface area (Å²) in [5, 5.41) is 12.9. The number of likely N-dealkylation sites (tertiary alicyclic amines) is 1. The molecule has 0 radical (unpaired) electrons. The van der Waals surface area contributed by atoms with Crippen molar-refractivity contribution in [2.75, 3.05) is 13.1 Å². The lowest BCUT2D eigenvalue weighted by atomic mass is 10.0. The molecular weight excluding hydrogens is 280 g/mol. The summed E-state index contributed by atoms with van der Waals surface area (Å²) in [6, 6.07) is 9.90. The van der Waals surface area contributed by atoms with E-state index in [0.29, 0.717) is 13.0 Å². The van der Waals surface area contributed by atoms with E-state index in [9.17, 15) is 9.90 Å². The maximum atomic E-state index is 11.9. The van der Waals surface area contributed by atoms with Crippen molar-refractivity contribution in [1.29, 1.82) is 0 Å². The highest BCUT2D eigenvalue weighted by Crippen LogP contribution is 2.15. The van der Waals surface area contributed by atoms with Gasteiger partial charge in [0.2, 0.25) is 0 Å². The van der Waals surface area contributed by atoms with E-state index >= 15 is 0 Å². The number of aliphatic hydroxyl groups excluding tert-OH is 1. The number of nitrogens with one attached hydrogen (secondary N) is 1. The van der Waals surface area contributed by atoms with Crippen LogP contribution in [0.5, 0.6) is 0 Å². The second kappa shape index (κ2) is 7.11. The van der Waals surface area contributed by atoms with E-state index in [1.807, 2.05) is 39.0 Å². The number of piperidine rings is 1. The Morgan fingerprint density at radius 3 is 2.68 bits per heavy atom. The number of ether oxygens (including phenoxy) is 1. The van der Waals surface area contributed by atoms with E-state index < -0.39 is 17.8 Å². The second-order valence-corrected chi connectivity index (χ2v) is 6.83. The molecule has 1 aliphatic heterocycles. The van der Waals surface area contributed by atoms with Crippen molar-refractivity contribution in [1.82, 2.24) is 10.2 Å². The van der Waals surface area contributed by atoms with E-state index in [2.05, 4.69) is 22.3 Å². The normalized spacial score (nSPS) is 23.1. The van der Waals surface area contributed by atoms with E-state index in [4.69, 9.17) is 4.74 Å². The van der Waals surface area contributed by atoms with Crippen LogP contribution in [0.25, 0.3) is 0 Å². The average Bonchev–Trinajstić information content (AvgIpc) is 2.41. The highest BCUT2D eigenvalue weighted by molar-refractivity contribution is 5.68. The van der Waals surface area contributed by atoms with Gasteiger partial charge in [-0.05, 0) is 32.8 Å². The molecule has 2 N–H and O–H groups in total. The van der Waals surface area contributed by atoms with Crippen molar-refractivity contribution in [3.63, 3.8) is 0 Å². The first kappa shape index (κ1) is 16.8. The third-order valence-electron chi connectivity index (χ3n) is 3.61. The van der Waals surface area contributed by atoms with Crippen molar-refractivity contribution in [3.05, 3.63) is 35.9 Å². The number of hydrogen-bond acceptors (Lipinski definition) is 4. The number of carbonyl (C=O) groups excluding carboxylic acids is 1. The van der Waals surface area contributed by atoms with Crippen molar-refractivity contribution in [2.45, 2.75) is 51.5 Å². The number of benzene rings is 1. The van der Waals surface area contributed by atoms with E-state index in [0.717, 1.165) is 13.1 Å². The Labute approximate surface area is 132 Å². The standard InChI is InChI=1S/C17H26N2O3/c1-17(2,3)22-16(21)18-14-12-19(10-9-15(14)20)11-13-7-5-4-6-8-13/h4-8,14-15,20H,9-12H2,1-3H3,(H,18,21)/t14-,15-/m1/s1. The van der Waals surface area contributed by atoms with Crippen LogP contribution in [0.1, 0.15) is 32.8 Å². The topological polar surface area (TPSA) is 61.8 Å².